The van der Waals surface area contributed by atoms with E-state index < -0.39 is 5.91 Å². The molecule has 0 atom stereocenters. The van der Waals surface area contributed by atoms with Crippen molar-refractivity contribution in [1.29, 1.82) is 0 Å². The first-order chi connectivity index (χ1) is 4.18. The molecule has 0 rings (SSSR count). The summed E-state index contributed by atoms with van der Waals surface area (Å²) in [4.78, 5) is 10.1. The van der Waals surface area contributed by atoms with Gasteiger partial charge in [0.15, 0.2) is 0 Å². The summed E-state index contributed by atoms with van der Waals surface area (Å²) in [5.74, 6) is -0.400. The number of hydrogen-bond donors (Lipinski definition) is 1. The molecule has 2 N–H and O–H groups in total. The average molecular weight is 129 g/mol. The van der Waals surface area contributed by atoms with Crippen molar-refractivity contribution in [3.8, 4) is 0 Å². The first-order valence-electron chi connectivity index (χ1n) is 3.16. The van der Waals surface area contributed by atoms with Crippen molar-refractivity contribution in [3.63, 3.8) is 0 Å². The fourth-order valence-corrected chi connectivity index (χ4v) is 0.174. The zero-order valence-electron chi connectivity index (χ0n) is 6.40. The van der Waals surface area contributed by atoms with Crippen molar-refractivity contribution in [1.82, 2.24) is 0 Å². The van der Waals surface area contributed by atoms with E-state index in [-0.39, 0.29) is 0 Å². The molecular formula is C7H15NO. The van der Waals surface area contributed by atoms with Crippen LogP contribution in [0.1, 0.15) is 27.2 Å². The summed E-state index contributed by atoms with van der Waals surface area (Å²) in [6.07, 6.45) is 0.648. The smallest absolute Gasteiger partial charge is 0.244 e. The minimum Gasteiger partial charge on any atom is -0.366 e. The molecule has 1 amide bonds. The maximum absolute atomic E-state index is 10.1. The summed E-state index contributed by atoms with van der Waals surface area (Å²) in [7, 11) is 0. The van der Waals surface area contributed by atoms with E-state index in [0.29, 0.717) is 12.0 Å². The zero-order chi connectivity index (χ0) is 7.86. The highest BCUT2D eigenvalue weighted by Crippen LogP contribution is 1.91. The van der Waals surface area contributed by atoms with Gasteiger partial charge in [-0.2, -0.15) is 0 Å². The number of rotatable bonds is 2. The third-order valence-electron chi connectivity index (χ3n) is 0.775. The third kappa shape index (κ3) is 7.21. The molecule has 0 aromatic rings. The molecule has 0 aromatic carbocycles. The first-order valence-corrected chi connectivity index (χ1v) is 3.16. The van der Waals surface area contributed by atoms with Crippen LogP contribution in [0.4, 0.5) is 0 Å². The monoisotopic (exact) mass is 129 g/mol. The number of hydrogen-bond acceptors (Lipinski definition) is 1. The number of carbonyl (C=O) groups is 1. The van der Waals surface area contributed by atoms with Crippen molar-refractivity contribution < 1.29 is 4.79 Å². The molecule has 0 radical (unpaired) electrons. The zero-order valence-corrected chi connectivity index (χ0v) is 6.40. The molecule has 54 valence electrons. The lowest BCUT2D eigenvalue weighted by Gasteiger charge is -1.89. The van der Waals surface area contributed by atoms with Crippen molar-refractivity contribution in [2.75, 3.05) is 0 Å². The Morgan fingerprint density at radius 1 is 1.56 bits per heavy atom. The fraction of sp³-hybridized carbons (Fsp3) is 0.571. The van der Waals surface area contributed by atoms with Crippen molar-refractivity contribution in [2.45, 2.75) is 27.2 Å². The van der Waals surface area contributed by atoms with E-state index in [1.807, 2.05) is 20.8 Å². The summed E-state index contributed by atoms with van der Waals surface area (Å²) in [5.41, 5.74) is 5.29. The molecule has 0 saturated carbocycles. The topological polar surface area (TPSA) is 43.1 Å². The Kier molecular flexibility index (Phi) is 8.87. The van der Waals surface area contributed by atoms with Gasteiger partial charge in [-0.25, -0.2) is 0 Å². The summed E-state index contributed by atoms with van der Waals surface area (Å²) >= 11 is 0. The quantitative estimate of drug-likeness (QED) is 0.563. The van der Waals surface area contributed by atoms with Crippen molar-refractivity contribution in [3.05, 3.63) is 12.2 Å². The summed E-state index contributed by atoms with van der Waals surface area (Å²) in [5, 5.41) is 0. The van der Waals surface area contributed by atoms with E-state index in [1.165, 1.54) is 0 Å². The molecule has 2 nitrogen and oxygen atoms in total. The molecule has 0 aliphatic carbocycles. The molecule has 0 spiro atoms. The normalized spacial score (nSPS) is 7.00. The fourth-order valence-electron chi connectivity index (χ4n) is 0.174. The maximum Gasteiger partial charge on any atom is 0.244 e. The van der Waals surface area contributed by atoms with E-state index in [9.17, 15) is 4.79 Å². The van der Waals surface area contributed by atoms with Gasteiger partial charge in [-0.1, -0.05) is 27.4 Å². The molecule has 0 saturated heterocycles. The van der Waals surface area contributed by atoms with E-state index in [4.69, 9.17) is 5.73 Å². The van der Waals surface area contributed by atoms with E-state index in [1.54, 1.807) is 0 Å². The van der Waals surface area contributed by atoms with E-state index in [2.05, 4.69) is 6.58 Å². The molecule has 0 aliphatic heterocycles. The number of carbonyl (C=O) groups excluding carboxylic acids is 1. The van der Waals surface area contributed by atoms with Crippen LogP contribution in [0.5, 0.6) is 0 Å². The summed E-state index contributed by atoms with van der Waals surface area (Å²) < 4.78 is 0. The van der Waals surface area contributed by atoms with Crippen molar-refractivity contribution >= 4 is 5.91 Å². The van der Waals surface area contributed by atoms with Crippen LogP contribution >= 0.6 is 0 Å². The second-order valence-corrected chi connectivity index (χ2v) is 1.32. The highest BCUT2D eigenvalue weighted by atomic mass is 16.1. The van der Waals surface area contributed by atoms with Gasteiger partial charge < -0.3 is 5.73 Å². The third-order valence-corrected chi connectivity index (χ3v) is 0.775. The standard InChI is InChI=1S/C5H9NO.C2H6/c1-3-4(2)5(6)7;1-2/h2-3H2,1H3,(H2,6,7);1-2H3. The lowest BCUT2D eigenvalue weighted by atomic mass is 10.2. The maximum atomic E-state index is 10.1. The molecular weight excluding hydrogens is 114 g/mol. The minimum atomic E-state index is -0.400. The molecule has 0 bridgehead atoms. The summed E-state index contributed by atoms with van der Waals surface area (Å²) in [6.45, 7) is 9.24. The van der Waals surface area contributed by atoms with Crippen LogP contribution in [-0.4, -0.2) is 5.91 Å². The number of primary amides is 1. The summed E-state index contributed by atoms with van der Waals surface area (Å²) in [6, 6.07) is 0. The van der Waals surface area contributed by atoms with Crippen LogP contribution < -0.4 is 5.73 Å². The molecule has 0 fully saturated rings. The van der Waals surface area contributed by atoms with Crippen LogP contribution in [0.3, 0.4) is 0 Å². The van der Waals surface area contributed by atoms with Gasteiger partial charge in [0.2, 0.25) is 5.91 Å². The second-order valence-electron chi connectivity index (χ2n) is 1.32. The molecule has 0 aromatic heterocycles. The molecule has 2 heteroatoms. The Hall–Kier alpha value is -0.790. The Bertz CT molecular complexity index is 97.1. The predicted molar refractivity (Wildman–Crippen MR) is 40.0 cm³/mol. The largest absolute Gasteiger partial charge is 0.366 e. The molecule has 9 heavy (non-hydrogen) atoms. The Morgan fingerprint density at radius 2 is 1.89 bits per heavy atom. The van der Waals surface area contributed by atoms with Gasteiger partial charge >= 0.3 is 0 Å². The van der Waals surface area contributed by atoms with Gasteiger partial charge in [0.1, 0.15) is 0 Å². The lowest BCUT2D eigenvalue weighted by Crippen LogP contribution is -2.11. The van der Waals surface area contributed by atoms with Gasteiger partial charge in [-0.3, -0.25) is 4.79 Å². The van der Waals surface area contributed by atoms with Gasteiger partial charge in [0.05, 0.1) is 0 Å². The molecule has 0 aliphatic rings. The second kappa shape index (κ2) is 7.21. The van der Waals surface area contributed by atoms with Gasteiger partial charge in [-0.15, -0.1) is 0 Å². The van der Waals surface area contributed by atoms with Crippen LogP contribution in [0.2, 0.25) is 0 Å². The molecule has 0 unspecified atom stereocenters. The Labute approximate surface area is 56.7 Å². The van der Waals surface area contributed by atoms with Crippen LogP contribution in [0.15, 0.2) is 12.2 Å². The van der Waals surface area contributed by atoms with E-state index >= 15 is 0 Å². The highest BCUT2D eigenvalue weighted by molar-refractivity contribution is 5.91. The highest BCUT2D eigenvalue weighted by Gasteiger charge is 1.93. The van der Waals surface area contributed by atoms with Gasteiger partial charge in [0, 0.05) is 5.57 Å². The number of amides is 1. The lowest BCUT2D eigenvalue weighted by molar-refractivity contribution is -0.114. The van der Waals surface area contributed by atoms with Crippen LogP contribution in [-0.2, 0) is 4.79 Å². The average Bonchev–Trinajstić information content (AvgIpc) is 1.91. The Morgan fingerprint density at radius 3 is 1.89 bits per heavy atom. The predicted octanol–water partition coefficient (Wildman–Crippen LogP) is 1.46. The SMILES string of the molecule is C=C(CC)C(N)=O.CC. The van der Waals surface area contributed by atoms with Crippen molar-refractivity contribution in [2.24, 2.45) is 5.73 Å². The number of nitrogens with two attached hydrogens (primary N) is 1. The van der Waals surface area contributed by atoms with Crippen LogP contribution in [0, 0.1) is 0 Å². The van der Waals surface area contributed by atoms with Crippen LogP contribution in [0.25, 0.3) is 0 Å². The van der Waals surface area contributed by atoms with E-state index in [0.717, 1.165) is 0 Å². The Balaban J connectivity index is 0. The first kappa shape index (κ1) is 11.1. The molecule has 0 heterocycles. The minimum absolute atomic E-state index is 0.400. The van der Waals surface area contributed by atoms with Gasteiger partial charge in [0.25, 0.3) is 0 Å². The van der Waals surface area contributed by atoms with Gasteiger partial charge in [-0.05, 0) is 6.42 Å².